The van der Waals surface area contributed by atoms with Gasteiger partial charge in [-0.1, -0.05) is 54.6 Å². The zero-order valence-electron chi connectivity index (χ0n) is 11.8. The quantitative estimate of drug-likeness (QED) is 0.622. The molecule has 0 radical (unpaired) electrons. The molecule has 1 unspecified atom stereocenters. The SMILES string of the molecule is C=CCC(c1ccccc1)c1c(C)[nH]c2ccccc12. The van der Waals surface area contributed by atoms with Gasteiger partial charge in [-0.2, -0.15) is 0 Å². The summed E-state index contributed by atoms with van der Waals surface area (Å²) in [6.07, 6.45) is 2.96. The van der Waals surface area contributed by atoms with E-state index in [0.29, 0.717) is 5.92 Å². The van der Waals surface area contributed by atoms with Crippen molar-refractivity contribution in [2.24, 2.45) is 0 Å². The monoisotopic (exact) mass is 261 g/mol. The summed E-state index contributed by atoms with van der Waals surface area (Å²) in [5.41, 5.74) is 5.21. The van der Waals surface area contributed by atoms with Crippen molar-refractivity contribution >= 4 is 10.9 Å². The zero-order chi connectivity index (χ0) is 13.9. The summed E-state index contributed by atoms with van der Waals surface area (Å²) in [4.78, 5) is 3.50. The molecule has 0 aliphatic heterocycles. The summed E-state index contributed by atoms with van der Waals surface area (Å²) < 4.78 is 0. The molecule has 1 nitrogen and oxygen atoms in total. The molecular weight excluding hydrogens is 242 g/mol. The van der Waals surface area contributed by atoms with Crippen LogP contribution in [0.4, 0.5) is 0 Å². The van der Waals surface area contributed by atoms with Crippen molar-refractivity contribution in [1.82, 2.24) is 4.98 Å². The van der Waals surface area contributed by atoms with Gasteiger partial charge in [0.05, 0.1) is 0 Å². The molecule has 1 N–H and O–H groups in total. The number of benzene rings is 2. The van der Waals surface area contributed by atoms with Gasteiger partial charge in [0.25, 0.3) is 0 Å². The van der Waals surface area contributed by atoms with Crippen molar-refractivity contribution in [2.45, 2.75) is 19.3 Å². The molecule has 2 aromatic carbocycles. The Balaban J connectivity index is 2.19. The highest BCUT2D eigenvalue weighted by Gasteiger charge is 2.19. The fourth-order valence-corrected chi connectivity index (χ4v) is 3.02. The second kappa shape index (κ2) is 5.38. The van der Waals surface area contributed by atoms with E-state index >= 15 is 0 Å². The molecule has 1 atom stereocenters. The molecule has 0 aliphatic rings. The van der Waals surface area contributed by atoms with Crippen LogP contribution < -0.4 is 0 Å². The predicted molar refractivity (Wildman–Crippen MR) is 86.1 cm³/mol. The van der Waals surface area contributed by atoms with Gasteiger partial charge in [0, 0.05) is 22.5 Å². The minimum absolute atomic E-state index is 0.366. The first kappa shape index (κ1) is 12.7. The van der Waals surface area contributed by atoms with Crippen molar-refractivity contribution in [3.8, 4) is 0 Å². The Kier molecular flexibility index (Phi) is 3.42. The average molecular weight is 261 g/mol. The van der Waals surface area contributed by atoms with Gasteiger partial charge in [-0.15, -0.1) is 6.58 Å². The molecule has 1 heteroatoms. The van der Waals surface area contributed by atoms with E-state index in [9.17, 15) is 0 Å². The van der Waals surface area contributed by atoms with Crippen LogP contribution in [0.1, 0.15) is 29.2 Å². The molecule has 0 saturated carbocycles. The first-order chi connectivity index (χ1) is 9.81. The first-order valence-electron chi connectivity index (χ1n) is 7.04. The molecule has 1 heterocycles. The van der Waals surface area contributed by atoms with E-state index in [2.05, 4.69) is 73.1 Å². The third-order valence-corrected chi connectivity index (χ3v) is 3.90. The molecule has 3 aromatic rings. The molecule has 3 rings (SSSR count). The minimum Gasteiger partial charge on any atom is -0.358 e. The van der Waals surface area contributed by atoms with Crippen LogP contribution in [0.5, 0.6) is 0 Å². The van der Waals surface area contributed by atoms with Crippen LogP contribution in [-0.2, 0) is 0 Å². The maximum absolute atomic E-state index is 3.94. The van der Waals surface area contributed by atoms with E-state index in [1.54, 1.807) is 0 Å². The molecule has 0 fully saturated rings. The molecule has 0 aliphatic carbocycles. The van der Waals surface area contributed by atoms with E-state index in [-0.39, 0.29) is 0 Å². The van der Waals surface area contributed by atoms with Crippen LogP contribution in [0.3, 0.4) is 0 Å². The highest BCUT2D eigenvalue weighted by molar-refractivity contribution is 5.85. The molecule has 0 amide bonds. The predicted octanol–water partition coefficient (Wildman–Crippen LogP) is 5.18. The molecule has 20 heavy (non-hydrogen) atoms. The third-order valence-electron chi connectivity index (χ3n) is 3.90. The number of aryl methyl sites for hydroxylation is 1. The van der Waals surface area contributed by atoms with Gasteiger partial charge < -0.3 is 4.98 Å². The Morgan fingerprint density at radius 2 is 1.75 bits per heavy atom. The number of fused-ring (bicyclic) bond motifs is 1. The lowest BCUT2D eigenvalue weighted by molar-refractivity contribution is 0.829. The molecule has 0 saturated heterocycles. The highest BCUT2D eigenvalue weighted by atomic mass is 14.7. The summed E-state index contributed by atoms with van der Waals surface area (Å²) in [6, 6.07) is 19.2. The van der Waals surface area contributed by atoms with Crippen molar-refractivity contribution in [3.05, 3.63) is 84.1 Å². The summed E-state index contributed by atoms with van der Waals surface area (Å²) in [5.74, 6) is 0.366. The first-order valence-corrected chi connectivity index (χ1v) is 7.04. The lowest BCUT2D eigenvalue weighted by atomic mass is 9.87. The van der Waals surface area contributed by atoms with Crippen LogP contribution >= 0.6 is 0 Å². The minimum atomic E-state index is 0.366. The van der Waals surface area contributed by atoms with Gasteiger partial charge in [-0.25, -0.2) is 0 Å². The van der Waals surface area contributed by atoms with E-state index < -0.39 is 0 Å². The molecule has 1 aromatic heterocycles. The normalized spacial score (nSPS) is 12.4. The lowest BCUT2D eigenvalue weighted by Crippen LogP contribution is -2.01. The number of hydrogen-bond donors (Lipinski definition) is 1. The standard InChI is InChI=1S/C19H19N/c1-3-9-16(15-10-5-4-6-11-15)19-14(2)20-18-13-8-7-12-17(18)19/h3-8,10-13,16,20H,1,9H2,2H3. The number of para-hydroxylation sites is 1. The van der Waals surface area contributed by atoms with Crippen LogP contribution in [0.2, 0.25) is 0 Å². The fourth-order valence-electron chi connectivity index (χ4n) is 3.02. The Morgan fingerprint density at radius 3 is 2.50 bits per heavy atom. The van der Waals surface area contributed by atoms with Gasteiger partial charge in [-0.05, 0) is 30.5 Å². The fraction of sp³-hybridized carbons (Fsp3) is 0.158. The Morgan fingerprint density at radius 1 is 1.05 bits per heavy atom. The van der Waals surface area contributed by atoms with Crippen molar-refractivity contribution in [3.63, 3.8) is 0 Å². The van der Waals surface area contributed by atoms with Gasteiger partial charge in [-0.3, -0.25) is 0 Å². The largest absolute Gasteiger partial charge is 0.358 e. The van der Waals surface area contributed by atoms with Crippen LogP contribution in [0.15, 0.2) is 67.3 Å². The van der Waals surface area contributed by atoms with Crippen LogP contribution in [-0.4, -0.2) is 4.98 Å². The van der Waals surface area contributed by atoms with Crippen molar-refractivity contribution in [2.75, 3.05) is 0 Å². The van der Waals surface area contributed by atoms with E-state index in [1.807, 2.05) is 6.08 Å². The molecule has 100 valence electrons. The third kappa shape index (κ3) is 2.16. The number of H-pyrrole nitrogens is 1. The van der Waals surface area contributed by atoms with Crippen LogP contribution in [0.25, 0.3) is 10.9 Å². The Labute approximate surface area is 120 Å². The van der Waals surface area contributed by atoms with E-state index in [0.717, 1.165) is 6.42 Å². The Hall–Kier alpha value is -2.28. The average Bonchev–Trinajstić information content (AvgIpc) is 2.82. The van der Waals surface area contributed by atoms with Crippen molar-refractivity contribution in [1.29, 1.82) is 0 Å². The highest BCUT2D eigenvalue weighted by Crippen LogP contribution is 2.35. The lowest BCUT2D eigenvalue weighted by Gasteiger charge is -2.16. The molecular formula is C19H19N. The number of allylic oxidation sites excluding steroid dienone is 1. The molecule has 0 bridgehead atoms. The second-order valence-electron chi connectivity index (χ2n) is 5.20. The summed E-state index contributed by atoms with van der Waals surface area (Å²) in [6.45, 7) is 6.10. The number of aromatic amines is 1. The maximum atomic E-state index is 3.94. The summed E-state index contributed by atoms with van der Waals surface area (Å²) in [7, 11) is 0. The summed E-state index contributed by atoms with van der Waals surface area (Å²) >= 11 is 0. The number of rotatable bonds is 4. The van der Waals surface area contributed by atoms with E-state index in [4.69, 9.17) is 0 Å². The van der Waals surface area contributed by atoms with Gasteiger partial charge in [0.15, 0.2) is 0 Å². The Bertz CT molecular complexity index is 722. The van der Waals surface area contributed by atoms with Crippen LogP contribution in [0, 0.1) is 6.92 Å². The maximum Gasteiger partial charge on any atom is 0.0459 e. The van der Waals surface area contributed by atoms with Gasteiger partial charge >= 0.3 is 0 Å². The van der Waals surface area contributed by atoms with E-state index in [1.165, 1.54) is 27.7 Å². The second-order valence-corrected chi connectivity index (χ2v) is 5.20. The van der Waals surface area contributed by atoms with Gasteiger partial charge in [0.1, 0.15) is 0 Å². The zero-order valence-corrected chi connectivity index (χ0v) is 11.8. The smallest absolute Gasteiger partial charge is 0.0459 e. The number of nitrogens with one attached hydrogen (secondary N) is 1. The number of hydrogen-bond acceptors (Lipinski definition) is 0. The molecule has 0 spiro atoms. The van der Waals surface area contributed by atoms with Crippen molar-refractivity contribution < 1.29 is 0 Å². The topological polar surface area (TPSA) is 15.8 Å². The van der Waals surface area contributed by atoms with Gasteiger partial charge in [0.2, 0.25) is 0 Å². The number of aromatic nitrogens is 1. The summed E-state index contributed by atoms with van der Waals surface area (Å²) in [5, 5.41) is 1.32.